The second kappa shape index (κ2) is 7.42. The lowest BCUT2D eigenvalue weighted by Gasteiger charge is -2.67. The van der Waals surface area contributed by atoms with Crippen LogP contribution in [-0.4, -0.2) is 24.6 Å². The molecule has 3 nitrogen and oxygen atoms in total. The summed E-state index contributed by atoms with van der Waals surface area (Å²) in [6, 6.07) is 0. The maximum Gasteiger partial charge on any atom is 0.268 e. The molecule has 0 aromatic heterocycles. The van der Waals surface area contributed by atoms with Gasteiger partial charge >= 0.3 is 0 Å². The quantitative estimate of drug-likeness (QED) is 0.266. The third kappa shape index (κ3) is 3.73. The van der Waals surface area contributed by atoms with E-state index in [4.69, 9.17) is 4.55 Å². The maximum atomic E-state index is 11.1. The Bertz CT molecular complexity index is 661. The Morgan fingerprint density at radius 3 is 1.43 bits per heavy atom. The van der Waals surface area contributed by atoms with Crippen LogP contribution in [0.3, 0.4) is 0 Å². The predicted molar refractivity (Wildman–Crippen MR) is 124 cm³/mol. The van der Waals surface area contributed by atoms with Crippen molar-refractivity contribution in [2.75, 3.05) is 11.7 Å². The SMILES string of the molecule is O=S(=O)(O)CPCCCC(C12CC3CC(CC(C3)C1)C2)C12CC3CC(CC(C3)C1)C2. The summed E-state index contributed by atoms with van der Waals surface area (Å²) in [5, 5.41) is 0. The van der Waals surface area contributed by atoms with E-state index in [1.54, 1.807) is 0 Å². The van der Waals surface area contributed by atoms with Crippen LogP contribution in [0, 0.1) is 52.3 Å². The first-order chi connectivity index (χ1) is 14.3. The van der Waals surface area contributed by atoms with Crippen molar-refractivity contribution in [3.05, 3.63) is 0 Å². The van der Waals surface area contributed by atoms with Gasteiger partial charge in [0.1, 0.15) is 0 Å². The molecule has 5 heteroatoms. The van der Waals surface area contributed by atoms with Gasteiger partial charge in [-0.05, 0) is 148 Å². The molecule has 170 valence electrons. The Morgan fingerprint density at radius 1 is 0.733 bits per heavy atom. The average Bonchev–Trinajstić information content (AvgIpc) is 2.61. The normalized spacial score (nSPS) is 50.0. The van der Waals surface area contributed by atoms with Gasteiger partial charge in [-0.25, -0.2) is 0 Å². The minimum Gasteiger partial charge on any atom is -0.285 e. The fourth-order valence-corrected chi connectivity index (χ4v) is 13.2. The number of hydrogen-bond acceptors (Lipinski definition) is 2. The highest BCUT2D eigenvalue weighted by Crippen LogP contribution is 2.72. The Kier molecular flexibility index (Phi) is 5.17. The van der Waals surface area contributed by atoms with Gasteiger partial charge in [0.25, 0.3) is 10.1 Å². The van der Waals surface area contributed by atoms with Crippen LogP contribution in [0.4, 0.5) is 0 Å². The van der Waals surface area contributed by atoms with E-state index in [1.807, 2.05) is 0 Å². The molecule has 0 aromatic carbocycles. The summed E-state index contributed by atoms with van der Waals surface area (Å²) in [5.74, 6) is 7.04. The highest BCUT2D eigenvalue weighted by Gasteiger charge is 2.62. The van der Waals surface area contributed by atoms with Crippen molar-refractivity contribution >= 4 is 18.7 Å². The standard InChI is InChI=1S/C25H41O3PS/c26-30(27,28)16-29-3-1-2-23(24-10-17-4-18(11-24)6-19(5-17)12-24)25-13-20-7-21(14-25)9-22(8-20)15-25/h17-23,29H,1-16H2,(H,26,27,28). The van der Waals surface area contributed by atoms with Crippen molar-refractivity contribution < 1.29 is 13.0 Å². The van der Waals surface area contributed by atoms with Gasteiger partial charge in [-0.1, -0.05) is 0 Å². The lowest BCUT2D eigenvalue weighted by molar-refractivity contribution is -0.174. The third-order valence-corrected chi connectivity index (χ3v) is 13.8. The predicted octanol–water partition coefficient (Wildman–Crippen LogP) is 6.34. The van der Waals surface area contributed by atoms with Crippen molar-refractivity contribution in [3.8, 4) is 0 Å². The first kappa shape index (κ1) is 20.9. The molecular weight excluding hydrogens is 411 g/mol. The van der Waals surface area contributed by atoms with Crippen LogP contribution in [0.1, 0.15) is 89.9 Å². The Morgan fingerprint density at radius 2 is 1.10 bits per heavy atom. The average molecular weight is 453 g/mol. The molecule has 8 rings (SSSR count). The van der Waals surface area contributed by atoms with Crippen molar-refractivity contribution in [3.63, 3.8) is 0 Å². The van der Waals surface area contributed by atoms with Crippen LogP contribution in [-0.2, 0) is 10.1 Å². The van der Waals surface area contributed by atoms with Gasteiger partial charge in [0, 0.05) is 0 Å². The first-order valence-electron chi connectivity index (χ1n) is 13.0. The summed E-state index contributed by atoms with van der Waals surface area (Å²) in [5.41, 5.74) is 1.24. The zero-order chi connectivity index (χ0) is 20.6. The molecule has 30 heavy (non-hydrogen) atoms. The smallest absolute Gasteiger partial charge is 0.268 e. The Hall–Kier alpha value is 0.340. The monoisotopic (exact) mass is 452 g/mol. The molecule has 0 aliphatic heterocycles. The van der Waals surface area contributed by atoms with E-state index in [0.717, 1.165) is 47.6 Å². The summed E-state index contributed by atoms with van der Waals surface area (Å²) >= 11 is 0. The molecule has 8 saturated carbocycles. The summed E-state index contributed by atoms with van der Waals surface area (Å²) in [7, 11) is -3.42. The van der Waals surface area contributed by atoms with Crippen molar-refractivity contribution in [2.45, 2.75) is 89.9 Å². The molecular formula is C25H41O3PS. The van der Waals surface area contributed by atoms with Crippen LogP contribution in [0.5, 0.6) is 0 Å². The van der Waals surface area contributed by atoms with Crippen LogP contribution in [0.15, 0.2) is 0 Å². The van der Waals surface area contributed by atoms with E-state index in [0.29, 0.717) is 19.4 Å². The zero-order valence-corrected chi connectivity index (χ0v) is 20.3. The van der Waals surface area contributed by atoms with E-state index < -0.39 is 10.1 Å². The van der Waals surface area contributed by atoms with Gasteiger partial charge in [0.05, 0.1) is 5.49 Å². The van der Waals surface area contributed by atoms with Crippen LogP contribution < -0.4 is 0 Å². The minimum absolute atomic E-state index is 0.0214. The van der Waals surface area contributed by atoms with Crippen LogP contribution in [0.25, 0.3) is 0 Å². The molecule has 1 atom stereocenters. The van der Waals surface area contributed by atoms with Crippen molar-refractivity contribution in [1.29, 1.82) is 0 Å². The number of hydrogen-bond donors (Lipinski definition) is 1. The summed E-state index contributed by atoms with van der Waals surface area (Å²) in [6.07, 6.45) is 21.9. The molecule has 0 saturated heterocycles. The maximum absolute atomic E-state index is 11.1. The summed E-state index contributed by atoms with van der Waals surface area (Å²) < 4.78 is 31.4. The highest BCUT2D eigenvalue weighted by molar-refractivity contribution is 7.91. The fraction of sp³-hybridized carbons (Fsp3) is 1.00. The Balaban J connectivity index is 1.24. The summed E-state index contributed by atoms with van der Waals surface area (Å²) in [4.78, 5) is 0. The lowest BCUT2D eigenvalue weighted by Crippen LogP contribution is -2.58. The van der Waals surface area contributed by atoms with E-state index in [1.165, 1.54) is 89.9 Å². The molecule has 0 radical (unpaired) electrons. The van der Waals surface area contributed by atoms with Crippen LogP contribution in [0.2, 0.25) is 0 Å². The fourth-order valence-electron chi connectivity index (χ4n) is 11.1. The second-order valence-corrected chi connectivity index (χ2v) is 16.3. The molecule has 0 amide bonds. The van der Waals surface area contributed by atoms with Crippen LogP contribution >= 0.6 is 8.58 Å². The van der Waals surface area contributed by atoms with Gasteiger partial charge in [-0.2, -0.15) is 8.42 Å². The van der Waals surface area contributed by atoms with Gasteiger partial charge in [-0.3, -0.25) is 4.55 Å². The molecule has 1 unspecified atom stereocenters. The third-order valence-electron chi connectivity index (χ3n) is 10.8. The molecule has 1 N–H and O–H groups in total. The van der Waals surface area contributed by atoms with E-state index in [-0.39, 0.29) is 5.49 Å². The lowest BCUT2D eigenvalue weighted by atomic mass is 9.38. The molecule has 0 aromatic rings. The zero-order valence-electron chi connectivity index (χ0n) is 18.5. The molecule has 0 heterocycles. The van der Waals surface area contributed by atoms with E-state index >= 15 is 0 Å². The number of rotatable bonds is 8. The van der Waals surface area contributed by atoms with Gasteiger partial charge in [0.2, 0.25) is 0 Å². The minimum atomic E-state index is -3.79. The molecule has 8 aliphatic carbocycles. The highest BCUT2D eigenvalue weighted by atomic mass is 32.2. The molecule has 0 spiro atoms. The van der Waals surface area contributed by atoms with Crippen molar-refractivity contribution in [2.24, 2.45) is 52.3 Å². The van der Waals surface area contributed by atoms with Crippen molar-refractivity contribution in [1.82, 2.24) is 0 Å². The first-order valence-corrected chi connectivity index (χ1v) is 16.0. The summed E-state index contributed by atoms with van der Waals surface area (Å²) in [6.45, 7) is 0. The largest absolute Gasteiger partial charge is 0.285 e. The second-order valence-electron chi connectivity index (χ2n) is 13.0. The van der Waals surface area contributed by atoms with Gasteiger partial charge in [-0.15, -0.1) is 8.58 Å². The van der Waals surface area contributed by atoms with E-state index in [9.17, 15) is 8.42 Å². The topological polar surface area (TPSA) is 54.4 Å². The van der Waals surface area contributed by atoms with E-state index in [2.05, 4.69) is 0 Å². The Labute approximate surface area is 185 Å². The molecule has 8 fully saturated rings. The van der Waals surface area contributed by atoms with Gasteiger partial charge < -0.3 is 0 Å². The molecule has 8 bridgehead atoms. The molecule has 8 aliphatic rings. The van der Waals surface area contributed by atoms with Gasteiger partial charge in [0.15, 0.2) is 0 Å².